The minimum atomic E-state index is -0.386. The first-order chi connectivity index (χ1) is 15.0. The number of anilines is 1. The molecule has 4 rings (SSSR count). The highest BCUT2D eigenvalue weighted by atomic mass is 19.1. The highest BCUT2D eigenvalue weighted by molar-refractivity contribution is 6.08. The van der Waals surface area contributed by atoms with Crippen molar-refractivity contribution < 1.29 is 13.9 Å². The SMILES string of the molecule is COc1ccc(-c2ncc(C(=O)Nc3ccc(F)cc3C)c(-c3ccncc3)n2)cc1. The van der Waals surface area contributed by atoms with Crippen LogP contribution in [0.25, 0.3) is 22.6 Å². The Morgan fingerprint density at radius 2 is 1.74 bits per heavy atom. The molecule has 0 aliphatic carbocycles. The average molecular weight is 414 g/mol. The number of hydrogen-bond acceptors (Lipinski definition) is 5. The zero-order valence-electron chi connectivity index (χ0n) is 17.0. The van der Waals surface area contributed by atoms with Gasteiger partial charge in [-0.3, -0.25) is 9.78 Å². The van der Waals surface area contributed by atoms with E-state index in [9.17, 15) is 9.18 Å². The molecule has 2 heterocycles. The molecule has 0 saturated heterocycles. The molecule has 1 amide bonds. The third-order valence-electron chi connectivity index (χ3n) is 4.77. The first-order valence-electron chi connectivity index (χ1n) is 9.54. The second-order valence-electron chi connectivity index (χ2n) is 6.83. The second-order valence-corrected chi connectivity index (χ2v) is 6.83. The standard InChI is InChI=1S/C24H19FN4O2/c1-15-13-18(25)5-8-21(15)28-24(30)20-14-27-23(17-3-6-19(31-2)7-4-17)29-22(20)16-9-11-26-12-10-16/h3-14H,1-2H3,(H,28,30). The number of carbonyl (C=O) groups is 1. The lowest BCUT2D eigenvalue weighted by molar-refractivity contribution is 0.102. The maximum atomic E-state index is 13.4. The van der Waals surface area contributed by atoms with E-state index in [0.29, 0.717) is 28.3 Å². The molecule has 1 N–H and O–H groups in total. The van der Waals surface area contributed by atoms with Crippen molar-refractivity contribution in [3.05, 3.63) is 90.1 Å². The van der Waals surface area contributed by atoms with Gasteiger partial charge in [-0.1, -0.05) is 0 Å². The van der Waals surface area contributed by atoms with E-state index in [2.05, 4.69) is 20.3 Å². The number of aromatic nitrogens is 3. The highest BCUT2D eigenvalue weighted by Gasteiger charge is 2.18. The summed E-state index contributed by atoms with van der Waals surface area (Å²) in [7, 11) is 1.60. The van der Waals surface area contributed by atoms with E-state index in [-0.39, 0.29) is 11.7 Å². The molecule has 4 aromatic rings. The van der Waals surface area contributed by atoms with E-state index in [0.717, 1.165) is 16.9 Å². The maximum Gasteiger partial charge on any atom is 0.259 e. The van der Waals surface area contributed by atoms with Gasteiger partial charge in [-0.2, -0.15) is 0 Å². The van der Waals surface area contributed by atoms with Gasteiger partial charge in [0, 0.05) is 35.4 Å². The van der Waals surface area contributed by atoms with Crippen LogP contribution >= 0.6 is 0 Å². The molecule has 0 aliphatic rings. The summed E-state index contributed by atoms with van der Waals surface area (Å²) >= 11 is 0. The Hall–Kier alpha value is -4.13. The number of carbonyl (C=O) groups excluding carboxylic acids is 1. The average Bonchev–Trinajstić information content (AvgIpc) is 2.81. The van der Waals surface area contributed by atoms with Crippen molar-refractivity contribution >= 4 is 11.6 Å². The third kappa shape index (κ3) is 4.40. The summed E-state index contributed by atoms with van der Waals surface area (Å²) in [6.07, 6.45) is 4.77. The fourth-order valence-corrected chi connectivity index (χ4v) is 3.11. The Bertz CT molecular complexity index is 1230. The van der Waals surface area contributed by atoms with E-state index >= 15 is 0 Å². The van der Waals surface area contributed by atoms with Crippen LogP contribution in [0.15, 0.2) is 73.2 Å². The van der Waals surface area contributed by atoms with Crippen LogP contribution in [0.4, 0.5) is 10.1 Å². The number of benzene rings is 2. The number of rotatable bonds is 5. The number of ether oxygens (including phenoxy) is 1. The van der Waals surface area contributed by atoms with Crippen molar-refractivity contribution in [1.82, 2.24) is 15.0 Å². The van der Waals surface area contributed by atoms with E-state index in [4.69, 9.17) is 4.74 Å². The molecule has 0 radical (unpaired) electrons. The molecule has 0 aliphatic heterocycles. The first-order valence-corrected chi connectivity index (χ1v) is 9.54. The van der Waals surface area contributed by atoms with Crippen LogP contribution in [-0.2, 0) is 0 Å². The maximum absolute atomic E-state index is 13.4. The van der Waals surface area contributed by atoms with Crippen LogP contribution in [-0.4, -0.2) is 28.0 Å². The summed E-state index contributed by atoms with van der Waals surface area (Å²) in [5.74, 6) is 0.454. The molecule has 0 spiro atoms. The van der Waals surface area contributed by atoms with Gasteiger partial charge in [0.1, 0.15) is 11.6 Å². The van der Waals surface area contributed by atoms with Gasteiger partial charge in [-0.25, -0.2) is 14.4 Å². The fraction of sp³-hybridized carbons (Fsp3) is 0.0833. The van der Waals surface area contributed by atoms with Gasteiger partial charge in [-0.05, 0) is 67.1 Å². The van der Waals surface area contributed by atoms with Crippen LogP contribution < -0.4 is 10.1 Å². The summed E-state index contributed by atoms with van der Waals surface area (Å²) < 4.78 is 18.6. The van der Waals surface area contributed by atoms with Crippen LogP contribution in [0, 0.1) is 12.7 Å². The van der Waals surface area contributed by atoms with Crippen molar-refractivity contribution in [2.45, 2.75) is 6.92 Å². The zero-order chi connectivity index (χ0) is 21.8. The molecule has 6 nitrogen and oxygen atoms in total. The number of nitrogens with zero attached hydrogens (tertiary/aromatic N) is 3. The van der Waals surface area contributed by atoms with Gasteiger partial charge in [0.25, 0.3) is 5.91 Å². The number of halogens is 1. The van der Waals surface area contributed by atoms with E-state index in [1.54, 1.807) is 38.6 Å². The lowest BCUT2D eigenvalue weighted by atomic mass is 10.1. The minimum Gasteiger partial charge on any atom is -0.497 e. The predicted octanol–water partition coefficient (Wildman–Crippen LogP) is 4.91. The fourth-order valence-electron chi connectivity index (χ4n) is 3.11. The number of hydrogen-bond donors (Lipinski definition) is 1. The van der Waals surface area contributed by atoms with Crippen molar-refractivity contribution in [3.8, 4) is 28.4 Å². The molecule has 0 atom stereocenters. The van der Waals surface area contributed by atoms with Gasteiger partial charge in [-0.15, -0.1) is 0 Å². The Labute approximate surface area is 178 Å². The van der Waals surface area contributed by atoms with Gasteiger partial charge in [0.2, 0.25) is 0 Å². The molecule has 2 aromatic heterocycles. The highest BCUT2D eigenvalue weighted by Crippen LogP contribution is 2.26. The van der Waals surface area contributed by atoms with Crippen LogP contribution in [0.3, 0.4) is 0 Å². The normalized spacial score (nSPS) is 10.5. The predicted molar refractivity (Wildman–Crippen MR) is 116 cm³/mol. The van der Waals surface area contributed by atoms with E-state index in [1.807, 2.05) is 24.3 Å². The molecule has 0 saturated carbocycles. The molecule has 7 heteroatoms. The number of methoxy groups -OCH3 is 1. The first kappa shape index (κ1) is 20.2. The zero-order valence-corrected chi connectivity index (χ0v) is 17.0. The van der Waals surface area contributed by atoms with Gasteiger partial charge in [0.15, 0.2) is 5.82 Å². The van der Waals surface area contributed by atoms with E-state index < -0.39 is 0 Å². The summed E-state index contributed by atoms with van der Waals surface area (Å²) in [6, 6.07) is 15.1. The van der Waals surface area contributed by atoms with Crippen molar-refractivity contribution in [1.29, 1.82) is 0 Å². The summed E-state index contributed by atoms with van der Waals surface area (Å²) in [6.45, 7) is 1.73. The van der Waals surface area contributed by atoms with Gasteiger partial charge in [0.05, 0.1) is 18.4 Å². The monoisotopic (exact) mass is 414 g/mol. The number of nitrogens with one attached hydrogen (secondary N) is 1. The third-order valence-corrected chi connectivity index (χ3v) is 4.77. The largest absolute Gasteiger partial charge is 0.497 e. The number of amides is 1. The quantitative estimate of drug-likeness (QED) is 0.502. The Morgan fingerprint density at radius 1 is 1.00 bits per heavy atom. The van der Waals surface area contributed by atoms with Gasteiger partial charge < -0.3 is 10.1 Å². The molecular weight excluding hydrogens is 395 g/mol. The van der Waals surface area contributed by atoms with Crippen molar-refractivity contribution in [2.75, 3.05) is 12.4 Å². The summed E-state index contributed by atoms with van der Waals surface area (Å²) in [5.41, 5.74) is 3.43. The molecular formula is C24H19FN4O2. The lowest BCUT2D eigenvalue weighted by Crippen LogP contribution is -2.15. The van der Waals surface area contributed by atoms with Crippen LogP contribution in [0.2, 0.25) is 0 Å². The Balaban J connectivity index is 1.75. The van der Waals surface area contributed by atoms with Crippen LogP contribution in [0.5, 0.6) is 5.75 Å². The van der Waals surface area contributed by atoms with Gasteiger partial charge >= 0.3 is 0 Å². The molecule has 0 fully saturated rings. The molecule has 154 valence electrons. The number of aryl methyl sites for hydroxylation is 1. The molecule has 0 unspecified atom stereocenters. The van der Waals surface area contributed by atoms with Crippen LogP contribution in [0.1, 0.15) is 15.9 Å². The van der Waals surface area contributed by atoms with Crippen molar-refractivity contribution in [3.63, 3.8) is 0 Å². The Morgan fingerprint density at radius 3 is 2.42 bits per heavy atom. The molecule has 2 aromatic carbocycles. The summed E-state index contributed by atoms with van der Waals surface area (Å²) in [5, 5.41) is 2.82. The minimum absolute atomic E-state index is 0.298. The topological polar surface area (TPSA) is 77.0 Å². The van der Waals surface area contributed by atoms with Crippen molar-refractivity contribution in [2.24, 2.45) is 0 Å². The summed E-state index contributed by atoms with van der Waals surface area (Å²) in [4.78, 5) is 26.2. The Kier molecular flexibility index (Phi) is 5.66. The second kappa shape index (κ2) is 8.71. The smallest absolute Gasteiger partial charge is 0.259 e. The van der Waals surface area contributed by atoms with E-state index in [1.165, 1.54) is 24.4 Å². The molecule has 0 bridgehead atoms. The number of pyridine rings is 1. The lowest BCUT2D eigenvalue weighted by Gasteiger charge is -2.12. The molecule has 31 heavy (non-hydrogen) atoms.